The van der Waals surface area contributed by atoms with Crippen molar-refractivity contribution < 1.29 is 9.59 Å². The van der Waals surface area contributed by atoms with Crippen LogP contribution in [0.5, 0.6) is 0 Å². The summed E-state index contributed by atoms with van der Waals surface area (Å²) in [6.07, 6.45) is 6.59. The van der Waals surface area contributed by atoms with E-state index >= 15 is 0 Å². The molecule has 2 fully saturated rings. The van der Waals surface area contributed by atoms with E-state index in [-0.39, 0.29) is 17.9 Å². The van der Waals surface area contributed by atoms with Crippen molar-refractivity contribution in [3.05, 3.63) is 0 Å². The number of likely N-dealkylation sites (tertiary alicyclic amines) is 1. The Kier molecular flexibility index (Phi) is 4.64. The van der Waals surface area contributed by atoms with Gasteiger partial charge in [0.25, 0.3) is 0 Å². The summed E-state index contributed by atoms with van der Waals surface area (Å²) >= 11 is 0. The highest BCUT2D eigenvalue weighted by Crippen LogP contribution is 2.35. The summed E-state index contributed by atoms with van der Waals surface area (Å²) < 4.78 is 0. The van der Waals surface area contributed by atoms with E-state index in [2.05, 4.69) is 11.4 Å². The Morgan fingerprint density at radius 1 is 1.35 bits per heavy atom. The molecule has 20 heavy (non-hydrogen) atoms. The second-order valence-electron chi connectivity index (χ2n) is 6.09. The minimum Gasteiger partial charge on any atom is -0.350 e. The summed E-state index contributed by atoms with van der Waals surface area (Å²) in [4.78, 5) is 25.6. The van der Waals surface area contributed by atoms with Crippen molar-refractivity contribution in [1.82, 2.24) is 10.2 Å². The highest BCUT2D eigenvalue weighted by atomic mass is 16.2. The van der Waals surface area contributed by atoms with E-state index in [1.807, 2.05) is 0 Å². The van der Waals surface area contributed by atoms with Crippen molar-refractivity contribution >= 4 is 11.8 Å². The Bertz CT molecular complexity index is 419. The molecule has 0 radical (unpaired) electrons. The Balaban J connectivity index is 1.99. The molecular weight excluding hydrogens is 254 g/mol. The van der Waals surface area contributed by atoms with Gasteiger partial charge < -0.3 is 10.2 Å². The molecule has 0 bridgehead atoms. The van der Waals surface area contributed by atoms with Gasteiger partial charge in [0.05, 0.1) is 6.07 Å². The summed E-state index contributed by atoms with van der Waals surface area (Å²) in [6.45, 7) is 0.548. The van der Waals surface area contributed by atoms with E-state index in [0.717, 1.165) is 25.7 Å². The number of likely N-dealkylation sites (N-methyl/N-ethyl adjacent to an activating group) is 1. The molecular formula is C15H23N3O2. The van der Waals surface area contributed by atoms with E-state index in [4.69, 9.17) is 0 Å². The van der Waals surface area contributed by atoms with Crippen molar-refractivity contribution in [2.45, 2.75) is 57.4 Å². The lowest BCUT2D eigenvalue weighted by atomic mass is 9.80. The number of piperidine rings is 1. The first-order valence-corrected chi connectivity index (χ1v) is 7.53. The SMILES string of the molecule is CN1CC(NC(=O)C2(C#N)CCCCCC2)CCC1=O. The molecule has 1 aliphatic heterocycles. The molecule has 1 atom stereocenters. The zero-order valence-electron chi connectivity index (χ0n) is 12.2. The van der Waals surface area contributed by atoms with Crippen LogP contribution in [0.2, 0.25) is 0 Å². The van der Waals surface area contributed by atoms with Crippen LogP contribution in [0.4, 0.5) is 0 Å². The number of nitriles is 1. The molecule has 0 spiro atoms. The molecule has 1 heterocycles. The van der Waals surface area contributed by atoms with Crippen molar-refractivity contribution in [3.63, 3.8) is 0 Å². The molecule has 1 saturated heterocycles. The average molecular weight is 277 g/mol. The van der Waals surface area contributed by atoms with Crippen LogP contribution in [0, 0.1) is 16.7 Å². The van der Waals surface area contributed by atoms with Gasteiger partial charge in [0.15, 0.2) is 0 Å². The monoisotopic (exact) mass is 277 g/mol. The molecule has 1 aliphatic carbocycles. The standard InChI is InChI=1S/C15H23N3O2/c1-18-10-12(6-7-13(18)19)17-14(20)15(11-16)8-4-2-3-5-9-15/h12H,2-10H2,1H3,(H,17,20). The first kappa shape index (κ1) is 14.8. The Hall–Kier alpha value is -1.57. The third-order valence-electron chi connectivity index (χ3n) is 4.57. The molecule has 2 aliphatic rings. The van der Waals surface area contributed by atoms with Gasteiger partial charge in [0.2, 0.25) is 11.8 Å². The van der Waals surface area contributed by atoms with Crippen LogP contribution in [0.3, 0.4) is 0 Å². The molecule has 0 aromatic carbocycles. The van der Waals surface area contributed by atoms with Crippen molar-refractivity contribution in [2.24, 2.45) is 5.41 Å². The zero-order chi connectivity index (χ0) is 14.6. The molecule has 0 aromatic heterocycles. The smallest absolute Gasteiger partial charge is 0.240 e. The van der Waals surface area contributed by atoms with Crippen LogP contribution in [0.1, 0.15) is 51.4 Å². The molecule has 110 valence electrons. The average Bonchev–Trinajstić information content (AvgIpc) is 2.69. The van der Waals surface area contributed by atoms with Crippen molar-refractivity contribution in [1.29, 1.82) is 5.26 Å². The van der Waals surface area contributed by atoms with Gasteiger partial charge in [-0.3, -0.25) is 9.59 Å². The fourth-order valence-electron chi connectivity index (χ4n) is 3.18. The summed E-state index contributed by atoms with van der Waals surface area (Å²) in [5.41, 5.74) is -0.851. The van der Waals surface area contributed by atoms with Crippen LogP contribution < -0.4 is 5.32 Å². The fraction of sp³-hybridized carbons (Fsp3) is 0.800. The molecule has 1 N–H and O–H groups in total. The first-order valence-electron chi connectivity index (χ1n) is 7.53. The minimum absolute atomic E-state index is 0.0151. The lowest BCUT2D eigenvalue weighted by Crippen LogP contribution is -2.52. The molecule has 2 amide bonds. The van der Waals surface area contributed by atoms with Crippen molar-refractivity contribution in [2.75, 3.05) is 13.6 Å². The number of hydrogen-bond acceptors (Lipinski definition) is 3. The quantitative estimate of drug-likeness (QED) is 0.779. The third kappa shape index (κ3) is 3.12. The molecule has 2 rings (SSSR count). The van der Waals surface area contributed by atoms with Gasteiger partial charge in [-0.15, -0.1) is 0 Å². The van der Waals surface area contributed by atoms with E-state index in [0.29, 0.717) is 32.2 Å². The predicted octanol–water partition coefficient (Wildman–Crippen LogP) is 1.59. The summed E-state index contributed by atoms with van der Waals surface area (Å²) in [5, 5.41) is 12.5. The Morgan fingerprint density at radius 3 is 2.55 bits per heavy atom. The minimum atomic E-state index is -0.851. The fourth-order valence-corrected chi connectivity index (χ4v) is 3.18. The van der Waals surface area contributed by atoms with Gasteiger partial charge in [0, 0.05) is 26.1 Å². The number of rotatable bonds is 2. The molecule has 1 unspecified atom stereocenters. The van der Waals surface area contributed by atoms with Crippen LogP contribution >= 0.6 is 0 Å². The summed E-state index contributed by atoms with van der Waals surface area (Å²) in [5.74, 6) is -0.00499. The maximum atomic E-state index is 12.5. The van der Waals surface area contributed by atoms with Gasteiger partial charge in [0.1, 0.15) is 5.41 Å². The molecule has 5 nitrogen and oxygen atoms in total. The van der Waals surface area contributed by atoms with Gasteiger partial charge in [-0.05, 0) is 19.3 Å². The summed E-state index contributed by atoms with van der Waals surface area (Å²) in [6, 6.07) is 2.26. The highest BCUT2D eigenvalue weighted by Gasteiger charge is 2.40. The highest BCUT2D eigenvalue weighted by molar-refractivity contribution is 5.86. The number of amides is 2. The van der Waals surface area contributed by atoms with E-state index in [1.165, 1.54) is 0 Å². The van der Waals surface area contributed by atoms with Crippen LogP contribution in [0.15, 0.2) is 0 Å². The number of nitrogens with zero attached hydrogens (tertiary/aromatic N) is 2. The number of carbonyl (C=O) groups is 2. The van der Waals surface area contributed by atoms with Gasteiger partial charge in [-0.1, -0.05) is 25.7 Å². The van der Waals surface area contributed by atoms with Crippen LogP contribution in [0.25, 0.3) is 0 Å². The predicted molar refractivity (Wildman–Crippen MR) is 74.5 cm³/mol. The number of hydrogen-bond donors (Lipinski definition) is 1. The second-order valence-corrected chi connectivity index (χ2v) is 6.09. The summed E-state index contributed by atoms with van der Waals surface area (Å²) in [7, 11) is 1.76. The third-order valence-corrected chi connectivity index (χ3v) is 4.57. The molecule has 0 aromatic rings. The van der Waals surface area contributed by atoms with E-state index < -0.39 is 5.41 Å². The van der Waals surface area contributed by atoms with E-state index in [9.17, 15) is 14.9 Å². The van der Waals surface area contributed by atoms with Crippen molar-refractivity contribution in [3.8, 4) is 6.07 Å². The lowest BCUT2D eigenvalue weighted by molar-refractivity contribution is -0.135. The van der Waals surface area contributed by atoms with Gasteiger partial charge in [-0.25, -0.2) is 0 Å². The second kappa shape index (κ2) is 6.25. The Morgan fingerprint density at radius 2 is 2.00 bits per heavy atom. The van der Waals surface area contributed by atoms with Crippen LogP contribution in [-0.4, -0.2) is 36.3 Å². The Labute approximate surface area is 120 Å². The normalized spacial score (nSPS) is 26.5. The van der Waals surface area contributed by atoms with Gasteiger partial charge in [-0.2, -0.15) is 5.26 Å². The zero-order valence-corrected chi connectivity index (χ0v) is 12.2. The van der Waals surface area contributed by atoms with Crippen LogP contribution in [-0.2, 0) is 9.59 Å². The molecule has 1 saturated carbocycles. The maximum absolute atomic E-state index is 12.5. The number of nitrogens with one attached hydrogen (secondary N) is 1. The number of carbonyl (C=O) groups excluding carboxylic acids is 2. The first-order chi connectivity index (χ1) is 9.57. The molecule has 5 heteroatoms. The topological polar surface area (TPSA) is 73.2 Å². The van der Waals surface area contributed by atoms with Gasteiger partial charge >= 0.3 is 0 Å². The lowest BCUT2D eigenvalue weighted by Gasteiger charge is -2.33. The van der Waals surface area contributed by atoms with E-state index in [1.54, 1.807) is 11.9 Å². The largest absolute Gasteiger partial charge is 0.350 e. The maximum Gasteiger partial charge on any atom is 0.240 e.